The zero-order valence-corrected chi connectivity index (χ0v) is 16.3. The van der Waals surface area contributed by atoms with Crippen LogP contribution in [0.1, 0.15) is 77.6 Å². The van der Waals surface area contributed by atoms with Gasteiger partial charge in [0.2, 0.25) is 0 Å². The molecule has 0 amide bonds. The highest BCUT2D eigenvalue weighted by molar-refractivity contribution is 5.72. The molecule has 0 radical (unpaired) electrons. The van der Waals surface area contributed by atoms with Crippen LogP contribution in [0, 0.1) is 0 Å². The summed E-state index contributed by atoms with van der Waals surface area (Å²) in [6.45, 7) is 2.90. The molecule has 1 unspecified atom stereocenters. The van der Waals surface area contributed by atoms with Gasteiger partial charge in [0.25, 0.3) is 0 Å². The van der Waals surface area contributed by atoms with Crippen molar-refractivity contribution >= 4 is 5.97 Å². The van der Waals surface area contributed by atoms with Crippen LogP contribution >= 0.6 is 0 Å². The molecule has 0 fully saturated rings. The fraction of sp³-hybridized carbons (Fsp3) is 0.682. The maximum absolute atomic E-state index is 11.3. The van der Waals surface area contributed by atoms with Crippen LogP contribution in [0.2, 0.25) is 0 Å². The first-order valence-corrected chi connectivity index (χ1v) is 10.3. The van der Waals surface area contributed by atoms with Crippen LogP contribution in [0.25, 0.3) is 0 Å². The van der Waals surface area contributed by atoms with Crippen molar-refractivity contribution in [1.29, 1.82) is 0 Å². The van der Waals surface area contributed by atoms with Gasteiger partial charge in [-0.3, -0.25) is 0 Å². The minimum atomic E-state index is -0.874. The van der Waals surface area contributed by atoms with E-state index in [9.17, 15) is 9.90 Å². The van der Waals surface area contributed by atoms with E-state index in [2.05, 4.69) is 6.92 Å². The number of ether oxygens (including phenoxy) is 2. The molecule has 1 rings (SSSR count). The molecule has 0 aliphatic rings. The van der Waals surface area contributed by atoms with E-state index in [0.29, 0.717) is 19.6 Å². The zero-order chi connectivity index (χ0) is 18.9. The lowest BCUT2D eigenvalue weighted by Crippen LogP contribution is -2.26. The molecule has 0 spiro atoms. The topological polar surface area (TPSA) is 55.8 Å². The SMILES string of the molecule is CCCCCCCCCCCCC(OCCOc1ccccc1)C(=O)O. The van der Waals surface area contributed by atoms with Crippen LogP contribution in [-0.4, -0.2) is 30.4 Å². The van der Waals surface area contributed by atoms with Crippen molar-refractivity contribution in [3.63, 3.8) is 0 Å². The van der Waals surface area contributed by atoms with Gasteiger partial charge in [-0.25, -0.2) is 4.79 Å². The van der Waals surface area contributed by atoms with E-state index in [4.69, 9.17) is 9.47 Å². The van der Waals surface area contributed by atoms with Crippen LogP contribution in [0.5, 0.6) is 5.75 Å². The van der Waals surface area contributed by atoms with Gasteiger partial charge >= 0.3 is 5.97 Å². The number of hydrogen-bond acceptors (Lipinski definition) is 3. The number of hydrogen-bond donors (Lipinski definition) is 1. The highest BCUT2D eigenvalue weighted by Gasteiger charge is 2.17. The van der Waals surface area contributed by atoms with Crippen molar-refractivity contribution in [2.24, 2.45) is 0 Å². The van der Waals surface area contributed by atoms with Gasteiger partial charge in [-0.2, -0.15) is 0 Å². The van der Waals surface area contributed by atoms with E-state index < -0.39 is 12.1 Å². The fourth-order valence-corrected chi connectivity index (χ4v) is 2.96. The molecule has 0 saturated carbocycles. The Morgan fingerprint density at radius 1 is 0.885 bits per heavy atom. The highest BCUT2D eigenvalue weighted by Crippen LogP contribution is 2.13. The number of benzene rings is 1. The summed E-state index contributed by atoms with van der Waals surface area (Å²) < 4.78 is 11.0. The van der Waals surface area contributed by atoms with Crippen LogP contribution in [-0.2, 0) is 9.53 Å². The number of aliphatic carboxylic acids is 1. The Labute approximate surface area is 158 Å². The van der Waals surface area contributed by atoms with Crippen molar-refractivity contribution in [3.05, 3.63) is 30.3 Å². The third-order valence-corrected chi connectivity index (χ3v) is 4.51. The summed E-state index contributed by atoms with van der Waals surface area (Å²) in [7, 11) is 0. The second-order valence-corrected chi connectivity index (χ2v) is 6.83. The second kappa shape index (κ2) is 15.7. The number of carboxylic acid groups (broad SMARTS) is 1. The third kappa shape index (κ3) is 11.9. The van der Waals surface area contributed by atoms with E-state index >= 15 is 0 Å². The fourth-order valence-electron chi connectivity index (χ4n) is 2.96. The average molecular weight is 365 g/mol. The first kappa shape index (κ1) is 22.5. The van der Waals surface area contributed by atoms with E-state index in [0.717, 1.165) is 18.6 Å². The largest absolute Gasteiger partial charge is 0.491 e. The molecule has 0 heterocycles. The van der Waals surface area contributed by atoms with Gasteiger partial charge in [0.1, 0.15) is 12.4 Å². The Hall–Kier alpha value is -1.55. The van der Waals surface area contributed by atoms with Crippen LogP contribution in [0.4, 0.5) is 0 Å². The lowest BCUT2D eigenvalue weighted by atomic mass is 10.0. The molecule has 1 atom stereocenters. The molecule has 1 N–H and O–H groups in total. The summed E-state index contributed by atoms with van der Waals surface area (Å²) in [5.74, 6) is -0.0988. The molecule has 0 aliphatic carbocycles. The van der Waals surface area contributed by atoms with E-state index in [-0.39, 0.29) is 0 Å². The quantitative estimate of drug-likeness (QED) is 0.352. The normalized spacial score (nSPS) is 12.0. The molecule has 1 aromatic rings. The summed E-state index contributed by atoms with van der Waals surface area (Å²) >= 11 is 0. The van der Waals surface area contributed by atoms with Gasteiger partial charge in [-0.05, 0) is 18.6 Å². The van der Waals surface area contributed by atoms with Gasteiger partial charge < -0.3 is 14.6 Å². The number of unbranched alkanes of at least 4 members (excludes halogenated alkanes) is 9. The molecule has 1 aromatic carbocycles. The van der Waals surface area contributed by atoms with Crippen LogP contribution < -0.4 is 4.74 Å². The standard InChI is InChI=1S/C22H36O4/c1-2-3-4-5-6-7-8-9-10-14-17-21(22(23)24)26-19-18-25-20-15-12-11-13-16-20/h11-13,15-16,21H,2-10,14,17-19H2,1H3,(H,23,24). The molecule has 0 bridgehead atoms. The predicted octanol–water partition coefficient (Wildman–Crippen LogP) is 5.85. The summed E-state index contributed by atoms with van der Waals surface area (Å²) in [6, 6.07) is 9.48. The Morgan fingerprint density at radius 3 is 2.04 bits per heavy atom. The minimum Gasteiger partial charge on any atom is -0.491 e. The minimum absolute atomic E-state index is 0.295. The van der Waals surface area contributed by atoms with Gasteiger partial charge in [-0.15, -0.1) is 0 Å². The molecule has 4 heteroatoms. The van der Waals surface area contributed by atoms with Crippen LogP contribution in [0.15, 0.2) is 30.3 Å². The number of carboxylic acids is 1. The van der Waals surface area contributed by atoms with E-state index in [1.165, 1.54) is 51.4 Å². The summed E-state index contributed by atoms with van der Waals surface area (Å²) in [4.78, 5) is 11.3. The van der Waals surface area contributed by atoms with E-state index in [1.807, 2.05) is 30.3 Å². The van der Waals surface area contributed by atoms with Crippen molar-refractivity contribution in [3.8, 4) is 5.75 Å². The first-order valence-electron chi connectivity index (χ1n) is 10.3. The van der Waals surface area contributed by atoms with Gasteiger partial charge in [0.15, 0.2) is 6.10 Å². The van der Waals surface area contributed by atoms with E-state index in [1.54, 1.807) is 0 Å². The number of para-hydroxylation sites is 1. The highest BCUT2D eigenvalue weighted by atomic mass is 16.5. The maximum atomic E-state index is 11.3. The summed E-state index contributed by atoms with van der Waals surface area (Å²) in [6.07, 6.45) is 12.3. The molecule has 0 saturated heterocycles. The molecule has 0 aromatic heterocycles. The van der Waals surface area contributed by atoms with Crippen LogP contribution in [0.3, 0.4) is 0 Å². The van der Waals surface area contributed by atoms with Crippen molar-refractivity contribution in [2.75, 3.05) is 13.2 Å². The average Bonchev–Trinajstić information content (AvgIpc) is 2.65. The first-order chi connectivity index (χ1) is 12.7. The van der Waals surface area contributed by atoms with Crippen molar-refractivity contribution in [1.82, 2.24) is 0 Å². The predicted molar refractivity (Wildman–Crippen MR) is 106 cm³/mol. The smallest absolute Gasteiger partial charge is 0.332 e. The molecule has 4 nitrogen and oxygen atoms in total. The Kier molecular flexibility index (Phi) is 13.6. The Morgan fingerprint density at radius 2 is 1.46 bits per heavy atom. The van der Waals surface area contributed by atoms with Gasteiger partial charge in [0, 0.05) is 0 Å². The summed E-state index contributed by atoms with van der Waals surface area (Å²) in [5, 5.41) is 9.27. The monoisotopic (exact) mass is 364 g/mol. The Bertz CT molecular complexity index is 447. The lowest BCUT2D eigenvalue weighted by molar-refractivity contribution is -0.151. The molecule has 26 heavy (non-hydrogen) atoms. The van der Waals surface area contributed by atoms with Crippen molar-refractivity contribution in [2.45, 2.75) is 83.7 Å². The lowest BCUT2D eigenvalue weighted by Gasteiger charge is -2.14. The second-order valence-electron chi connectivity index (χ2n) is 6.83. The molecule has 148 valence electrons. The number of carbonyl (C=O) groups is 1. The molecular weight excluding hydrogens is 328 g/mol. The maximum Gasteiger partial charge on any atom is 0.332 e. The number of rotatable bonds is 17. The third-order valence-electron chi connectivity index (χ3n) is 4.51. The van der Waals surface area contributed by atoms with Crippen molar-refractivity contribution < 1.29 is 19.4 Å². The molecular formula is C22H36O4. The molecule has 0 aliphatic heterocycles. The zero-order valence-electron chi connectivity index (χ0n) is 16.3. The van der Waals surface area contributed by atoms with Gasteiger partial charge in [-0.1, -0.05) is 89.3 Å². The van der Waals surface area contributed by atoms with Gasteiger partial charge in [0.05, 0.1) is 6.61 Å². The summed E-state index contributed by atoms with van der Waals surface area (Å²) in [5.41, 5.74) is 0. The Balaban J connectivity index is 2.00.